The van der Waals surface area contributed by atoms with Gasteiger partial charge in [-0.2, -0.15) is 4.98 Å². The molecular weight excluding hydrogens is 336 g/mol. The molecule has 4 N–H and O–H groups in total. The fraction of sp³-hybridized carbons (Fsp3) is 0.294. The molecule has 26 heavy (non-hydrogen) atoms. The number of ketones is 1. The number of hydrogen-bond donors (Lipinski definition) is 3. The summed E-state index contributed by atoms with van der Waals surface area (Å²) in [5.74, 6) is 0.277. The molecule has 0 aliphatic carbocycles. The molecule has 1 aromatic heterocycles. The minimum absolute atomic E-state index is 0.142. The molecule has 0 bridgehead atoms. The van der Waals surface area contributed by atoms with Gasteiger partial charge in [-0.25, -0.2) is 9.78 Å². The lowest BCUT2D eigenvalue weighted by Gasteiger charge is -2.34. The van der Waals surface area contributed by atoms with E-state index in [1.165, 1.54) is 18.0 Å². The van der Waals surface area contributed by atoms with Crippen molar-refractivity contribution in [3.05, 3.63) is 36.0 Å². The lowest BCUT2D eigenvalue weighted by atomic mass is 10.2. The van der Waals surface area contributed by atoms with Crippen molar-refractivity contribution < 1.29 is 14.7 Å². The second-order valence-electron chi connectivity index (χ2n) is 5.98. The number of carboxylic acid groups (broad SMARTS) is 1. The Hall–Kier alpha value is -3.36. The van der Waals surface area contributed by atoms with Gasteiger partial charge in [0.2, 0.25) is 5.95 Å². The monoisotopic (exact) mass is 356 g/mol. The summed E-state index contributed by atoms with van der Waals surface area (Å²) in [7, 11) is 0. The summed E-state index contributed by atoms with van der Waals surface area (Å²) < 4.78 is 0. The Bertz CT molecular complexity index is 816. The van der Waals surface area contributed by atoms with Crippen LogP contribution in [0.5, 0.6) is 0 Å². The smallest absolute Gasteiger partial charge is 0.407 e. The van der Waals surface area contributed by atoms with Gasteiger partial charge in [0, 0.05) is 43.8 Å². The van der Waals surface area contributed by atoms with E-state index in [9.17, 15) is 9.59 Å². The number of nitrogen functional groups attached to an aromatic ring is 1. The number of piperazine rings is 1. The Labute approximate surface area is 150 Å². The maximum absolute atomic E-state index is 11.4. The normalized spacial score (nSPS) is 14.2. The quantitative estimate of drug-likeness (QED) is 0.708. The van der Waals surface area contributed by atoms with Gasteiger partial charge < -0.3 is 26.0 Å². The van der Waals surface area contributed by atoms with Gasteiger partial charge in [0.05, 0.1) is 5.56 Å². The first-order valence-electron chi connectivity index (χ1n) is 8.17. The molecule has 1 saturated heterocycles. The molecular formula is C17H20N6O3. The van der Waals surface area contributed by atoms with E-state index >= 15 is 0 Å². The van der Waals surface area contributed by atoms with Crippen LogP contribution in [0.25, 0.3) is 0 Å². The van der Waals surface area contributed by atoms with Crippen LogP contribution in [0.3, 0.4) is 0 Å². The average Bonchev–Trinajstić information content (AvgIpc) is 2.62. The van der Waals surface area contributed by atoms with Gasteiger partial charge in [0.15, 0.2) is 5.78 Å². The molecule has 136 valence electrons. The molecule has 3 rings (SSSR count). The highest BCUT2D eigenvalue weighted by atomic mass is 16.4. The maximum atomic E-state index is 11.4. The zero-order chi connectivity index (χ0) is 18.7. The first-order valence-corrected chi connectivity index (χ1v) is 8.17. The first-order chi connectivity index (χ1) is 12.4. The van der Waals surface area contributed by atoms with E-state index in [4.69, 9.17) is 10.8 Å². The molecule has 1 aliphatic heterocycles. The summed E-state index contributed by atoms with van der Waals surface area (Å²) in [4.78, 5) is 34.1. The first kappa shape index (κ1) is 17.5. The third-order valence-electron chi connectivity index (χ3n) is 4.24. The van der Waals surface area contributed by atoms with Crippen molar-refractivity contribution in [2.24, 2.45) is 0 Å². The Morgan fingerprint density at radius 1 is 1.15 bits per heavy atom. The van der Waals surface area contributed by atoms with E-state index in [0.717, 1.165) is 11.4 Å². The number of aromatic nitrogens is 2. The summed E-state index contributed by atoms with van der Waals surface area (Å²) in [6.45, 7) is 3.71. The van der Waals surface area contributed by atoms with Gasteiger partial charge in [-0.1, -0.05) is 0 Å². The Balaban J connectivity index is 1.64. The molecule has 2 aromatic rings. The lowest BCUT2D eigenvalue weighted by Crippen LogP contribution is -2.48. The van der Waals surface area contributed by atoms with E-state index in [0.29, 0.717) is 37.7 Å². The van der Waals surface area contributed by atoms with Crippen molar-refractivity contribution in [2.75, 3.05) is 42.1 Å². The van der Waals surface area contributed by atoms with Gasteiger partial charge in [0.1, 0.15) is 5.82 Å². The number of anilines is 4. The van der Waals surface area contributed by atoms with E-state index in [1.807, 2.05) is 24.3 Å². The topological polar surface area (TPSA) is 125 Å². The van der Waals surface area contributed by atoms with Crippen molar-refractivity contribution in [1.82, 2.24) is 14.9 Å². The third kappa shape index (κ3) is 3.82. The number of carbonyl (C=O) groups excluding carboxylic acids is 1. The second kappa shape index (κ2) is 7.26. The number of benzene rings is 1. The lowest BCUT2D eigenvalue weighted by molar-refractivity contribution is 0.101. The molecule has 0 saturated carbocycles. The summed E-state index contributed by atoms with van der Waals surface area (Å²) >= 11 is 0. The van der Waals surface area contributed by atoms with Crippen LogP contribution < -0.4 is 16.0 Å². The number of Topliss-reactive ketones (excluding diaryl/α,β-unsaturated/α-hetero) is 1. The molecule has 9 heteroatoms. The number of rotatable bonds is 4. The molecule has 1 fully saturated rings. The van der Waals surface area contributed by atoms with Crippen molar-refractivity contribution in [3.63, 3.8) is 0 Å². The van der Waals surface area contributed by atoms with Crippen LogP contribution >= 0.6 is 0 Å². The Morgan fingerprint density at radius 2 is 1.81 bits per heavy atom. The minimum Gasteiger partial charge on any atom is -0.465 e. The van der Waals surface area contributed by atoms with Crippen LogP contribution in [0.1, 0.15) is 17.3 Å². The van der Waals surface area contributed by atoms with Gasteiger partial charge in [-0.3, -0.25) is 4.79 Å². The molecule has 9 nitrogen and oxygen atoms in total. The van der Waals surface area contributed by atoms with E-state index in [-0.39, 0.29) is 11.6 Å². The molecule has 0 radical (unpaired) electrons. The average molecular weight is 356 g/mol. The standard InChI is InChI=1S/C17H20N6O3/c1-11(24)14-10-19-16(21-15(14)18)20-12-2-4-13(5-3-12)22-6-8-23(9-7-22)17(25)26/h2-5,10H,6-9H2,1H3,(H,25,26)(H3,18,19,20,21). The van der Waals surface area contributed by atoms with Crippen LogP contribution in [-0.2, 0) is 0 Å². The van der Waals surface area contributed by atoms with Crippen LogP contribution in [0.2, 0.25) is 0 Å². The molecule has 1 amide bonds. The van der Waals surface area contributed by atoms with Gasteiger partial charge >= 0.3 is 6.09 Å². The van der Waals surface area contributed by atoms with Crippen molar-refractivity contribution in [2.45, 2.75) is 6.92 Å². The second-order valence-corrected chi connectivity index (χ2v) is 5.98. The molecule has 0 spiro atoms. The fourth-order valence-electron chi connectivity index (χ4n) is 2.77. The van der Waals surface area contributed by atoms with Crippen LogP contribution in [0.4, 0.5) is 27.9 Å². The summed E-state index contributed by atoms with van der Waals surface area (Å²) in [6.07, 6.45) is 0.530. The third-order valence-corrected chi connectivity index (χ3v) is 4.24. The Morgan fingerprint density at radius 3 is 2.35 bits per heavy atom. The summed E-state index contributed by atoms with van der Waals surface area (Å²) in [6, 6.07) is 7.67. The number of nitrogens with zero attached hydrogens (tertiary/aromatic N) is 4. The van der Waals surface area contributed by atoms with Crippen molar-refractivity contribution >= 4 is 35.0 Å². The van der Waals surface area contributed by atoms with Crippen LogP contribution in [0.15, 0.2) is 30.5 Å². The van der Waals surface area contributed by atoms with Crippen molar-refractivity contribution in [3.8, 4) is 0 Å². The van der Waals surface area contributed by atoms with Crippen molar-refractivity contribution in [1.29, 1.82) is 0 Å². The van der Waals surface area contributed by atoms with E-state index in [1.54, 1.807) is 0 Å². The highest BCUT2D eigenvalue weighted by Crippen LogP contribution is 2.22. The maximum Gasteiger partial charge on any atom is 0.407 e. The highest BCUT2D eigenvalue weighted by molar-refractivity contribution is 5.98. The molecule has 1 aliphatic rings. The largest absolute Gasteiger partial charge is 0.465 e. The number of nitrogens with one attached hydrogen (secondary N) is 1. The zero-order valence-electron chi connectivity index (χ0n) is 14.3. The molecule has 1 aromatic carbocycles. The number of amides is 1. The molecule has 0 atom stereocenters. The highest BCUT2D eigenvalue weighted by Gasteiger charge is 2.20. The molecule has 0 unspecified atom stereocenters. The van der Waals surface area contributed by atoms with Gasteiger partial charge in [0.25, 0.3) is 0 Å². The zero-order valence-corrected chi connectivity index (χ0v) is 14.3. The van der Waals surface area contributed by atoms with Gasteiger partial charge in [-0.15, -0.1) is 0 Å². The van der Waals surface area contributed by atoms with Crippen LogP contribution in [-0.4, -0.2) is 58.0 Å². The van der Waals surface area contributed by atoms with E-state index in [2.05, 4.69) is 20.2 Å². The van der Waals surface area contributed by atoms with E-state index < -0.39 is 6.09 Å². The summed E-state index contributed by atoms with van der Waals surface area (Å²) in [5.41, 5.74) is 7.87. The number of nitrogens with two attached hydrogens (primary N) is 1. The minimum atomic E-state index is -0.876. The number of carbonyl (C=O) groups is 2. The van der Waals surface area contributed by atoms with Crippen LogP contribution in [0, 0.1) is 0 Å². The predicted octanol–water partition coefficient (Wildman–Crippen LogP) is 1.80. The predicted molar refractivity (Wildman–Crippen MR) is 98.0 cm³/mol. The fourth-order valence-corrected chi connectivity index (χ4v) is 2.77. The van der Waals surface area contributed by atoms with Gasteiger partial charge in [-0.05, 0) is 31.2 Å². The molecule has 2 heterocycles. The number of hydrogen-bond acceptors (Lipinski definition) is 7. The Kier molecular flexibility index (Phi) is 4.87. The SMILES string of the molecule is CC(=O)c1cnc(Nc2ccc(N3CCN(C(=O)O)CC3)cc2)nc1N. The summed E-state index contributed by atoms with van der Waals surface area (Å²) in [5, 5.41) is 12.0.